The molecule has 14 heavy (non-hydrogen) atoms. The Hall–Kier alpha value is 1.84. The molecule has 2 unspecified atom stereocenters. The fraction of sp³-hybridized carbons (Fsp3) is 0.875. The van der Waals surface area contributed by atoms with Crippen molar-refractivity contribution in [2.24, 2.45) is 5.92 Å². The van der Waals surface area contributed by atoms with Gasteiger partial charge in [-0.3, -0.25) is 0 Å². The standard InChI is InChI=1S/C8H16S6/c9-3-6(11)1-5(8(13)14)2-7(12)4-10/h5-7,9-12H,1-4H2,(H,13,14). The van der Waals surface area contributed by atoms with E-state index < -0.39 is 0 Å². The maximum atomic E-state index is 5.10. The summed E-state index contributed by atoms with van der Waals surface area (Å²) in [5.74, 6) is 1.81. The van der Waals surface area contributed by atoms with Gasteiger partial charge in [0.2, 0.25) is 0 Å². The largest absolute Gasteiger partial charge is 0.178 e. The van der Waals surface area contributed by atoms with Gasteiger partial charge in [0.25, 0.3) is 0 Å². The van der Waals surface area contributed by atoms with Crippen molar-refractivity contribution in [1.82, 2.24) is 0 Å². The van der Waals surface area contributed by atoms with Gasteiger partial charge in [-0.15, -0.1) is 12.6 Å². The second-order valence-electron chi connectivity index (χ2n) is 3.18. The third-order valence-electron chi connectivity index (χ3n) is 1.88. The first-order valence-electron chi connectivity index (χ1n) is 4.31. The summed E-state index contributed by atoms with van der Waals surface area (Å²) in [6.07, 6.45) is 1.83. The maximum Gasteiger partial charge on any atom is 0.0479 e. The minimum atomic E-state index is 0.272. The van der Waals surface area contributed by atoms with Gasteiger partial charge in [-0.1, -0.05) is 12.2 Å². The summed E-state index contributed by atoms with van der Waals surface area (Å²) in [5.41, 5.74) is 0. The summed E-state index contributed by atoms with van der Waals surface area (Å²) in [4.78, 5) is 0. The lowest BCUT2D eigenvalue weighted by Crippen LogP contribution is -2.19. The molecule has 0 saturated heterocycles. The van der Waals surface area contributed by atoms with Crippen molar-refractivity contribution >= 4 is 79.6 Å². The van der Waals surface area contributed by atoms with Gasteiger partial charge in [-0.25, -0.2) is 0 Å². The molecule has 0 fully saturated rings. The van der Waals surface area contributed by atoms with Gasteiger partial charge < -0.3 is 0 Å². The van der Waals surface area contributed by atoms with E-state index in [9.17, 15) is 0 Å². The van der Waals surface area contributed by atoms with Crippen LogP contribution in [0.3, 0.4) is 0 Å². The van der Waals surface area contributed by atoms with E-state index in [0.717, 1.165) is 28.5 Å². The highest BCUT2D eigenvalue weighted by Crippen LogP contribution is 2.23. The lowest BCUT2D eigenvalue weighted by Gasteiger charge is -2.20. The molecule has 0 aromatic carbocycles. The highest BCUT2D eigenvalue weighted by atomic mass is 32.1. The van der Waals surface area contributed by atoms with Crippen LogP contribution in [0.15, 0.2) is 0 Å². The number of thiol groups is 5. The number of thiocarbonyl (C=S) groups is 1. The smallest absolute Gasteiger partial charge is 0.0479 e. The molecule has 0 aliphatic heterocycles. The van der Waals surface area contributed by atoms with Crippen molar-refractivity contribution in [3.63, 3.8) is 0 Å². The van der Waals surface area contributed by atoms with Gasteiger partial charge in [-0.05, 0) is 12.8 Å². The van der Waals surface area contributed by atoms with Crippen LogP contribution in [0.5, 0.6) is 0 Å². The van der Waals surface area contributed by atoms with Crippen LogP contribution in [-0.2, 0) is 0 Å². The maximum absolute atomic E-state index is 5.10. The number of hydrogen-bond donors (Lipinski definition) is 5. The summed E-state index contributed by atoms with van der Waals surface area (Å²) in [5, 5.41) is 0.544. The molecule has 0 nitrogen and oxygen atoms in total. The van der Waals surface area contributed by atoms with Crippen molar-refractivity contribution < 1.29 is 0 Å². The Balaban J connectivity index is 4.09. The van der Waals surface area contributed by atoms with E-state index in [1.54, 1.807) is 0 Å². The lowest BCUT2D eigenvalue weighted by atomic mass is 10.00. The molecule has 0 aromatic rings. The first-order chi connectivity index (χ1) is 6.51. The molecule has 0 amide bonds. The van der Waals surface area contributed by atoms with Crippen molar-refractivity contribution in [2.45, 2.75) is 23.3 Å². The van der Waals surface area contributed by atoms with E-state index in [2.05, 4.69) is 63.1 Å². The van der Waals surface area contributed by atoms with Crippen molar-refractivity contribution in [3.05, 3.63) is 0 Å². The molecule has 0 aliphatic carbocycles. The van der Waals surface area contributed by atoms with E-state index in [1.165, 1.54) is 0 Å². The van der Waals surface area contributed by atoms with E-state index in [0.29, 0.717) is 0 Å². The monoisotopic (exact) mass is 304 g/mol. The van der Waals surface area contributed by atoms with Crippen LogP contribution in [0.25, 0.3) is 0 Å². The zero-order valence-corrected chi connectivity index (χ0v) is 13.0. The quantitative estimate of drug-likeness (QED) is 0.356. The van der Waals surface area contributed by atoms with Crippen LogP contribution >= 0.6 is 75.4 Å². The van der Waals surface area contributed by atoms with Crippen molar-refractivity contribution in [2.75, 3.05) is 11.5 Å². The van der Waals surface area contributed by atoms with E-state index >= 15 is 0 Å². The topological polar surface area (TPSA) is 0 Å². The summed E-state index contributed by atoms with van der Waals surface area (Å²) in [7, 11) is 0. The van der Waals surface area contributed by atoms with Crippen molar-refractivity contribution in [1.29, 1.82) is 0 Å². The van der Waals surface area contributed by atoms with Gasteiger partial charge in [0.1, 0.15) is 0 Å². The second kappa shape index (κ2) is 8.93. The van der Waals surface area contributed by atoms with Gasteiger partial charge in [-0.2, -0.15) is 50.5 Å². The molecule has 0 aromatic heterocycles. The van der Waals surface area contributed by atoms with Crippen molar-refractivity contribution in [3.8, 4) is 0 Å². The molecule has 2 atom stereocenters. The summed E-state index contributed by atoms with van der Waals surface area (Å²) in [6.45, 7) is 0. The van der Waals surface area contributed by atoms with E-state index in [-0.39, 0.29) is 16.4 Å². The Labute approximate surface area is 119 Å². The first kappa shape index (κ1) is 15.8. The van der Waals surface area contributed by atoms with Crippen LogP contribution in [0.1, 0.15) is 12.8 Å². The number of rotatable bonds is 7. The Bertz CT molecular complexity index is 159. The van der Waals surface area contributed by atoms with Crippen LogP contribution in [0.4, 0.5) is 0 Å². The van der Waals surface area contributed by atoms with E-state index in [1.807, 2.05) is 0 Å². The molecule has 0 radical (unpaired) electrons. The highest BCUT2D eigenvalue weighted by molar-refractivity contribution is 8.11. The van der Waals surface area contributed by atoms with Gasteiger partial charge in [0.05, 0.1) is 0 Å². The molecule has 0 spiro atoms. The molecule has 0 heterocycles. The summed E-state index contributed by atoms with van der Waals surface area (Å²) < 4.78 is 0.742. The molecule has 0 N–H and O–H groups in total. The van der Waals surface area contributed by atoms with E-state index in [4.69, 9.17) is 12.2 Å². The molecule has 84 valence electrons. The fourth-order valence-corrected chi connectivity index (χ4v) is 2.31. The molecule has 0 rings (SSSR count). The van der Waals surface area contributed by atoms with Crippen LogP contribution in [-0.4, -0.2) is 26.2 Å². The Morgan fingerprint density at radius 3 is 1.57 bits per heavy atom. The first-order valence-corrected chi connectivity index (χ1v) is 7.47. The molecule has 0 saturated carbocycles. The van der Waals surface area contributed by atoms with Crippen LogP contribution in [0, 0.1) is 5.92 Å². The number of hydrogen-bond acceptors (Lipinski definition) is 5. The average molecular weight is 305 g/mol. The SMILES string of the molecule is S=C(S)C(CC(S)CS)CC(S)CS. The molecular formula is C8H16S6. The Morgan fingerprint density at radius 1 is 1.00 bits per heavy atom. The molecule has 6 heteroatoms. The lowest BCUT2D eigenvalue weighted by molar-refractivity contribution is 0.592. The average Bonchev–Trinajstić information content (AvgIpc) is 2.16. The minimum absolute atomic E-state index is 0.272. The van der Waals surface area contributed by atoms with Crippen LogP contribution < -0.4 is 0 Å². The third-order valence-corrected chi connectivity index (χ3v) is 4.83. The van der Waals surface area contributed by atoms with Gasteiger partial charge in [0.15, 0.2) is 0 Å². The summed E-state index contributed by atoms with van der Waals surface area (Å²) in [6, 6.07) is 0. The predicted molar refractivity (Wildman–Crippen MR) is 87.6 cm³/mol. The highest BCUT2D eigenvalue weighted by Gasteiger charge is 2.18. The normalized spacial score (nSPS) is 17.5. The zero-order chi connectivity index (χ0) is 11.1. The second-order valence-corrected chi connectivity index (χ2v) is 6.59. The van der Waals surface area contributed by atoms with Gasteiger partial charge >= 0.3 is 0 Å². The molecular weight excluding hydrogens is 288 g/mol. The Morgan fingerprint density at radius 2 is 1.36 bits per heavy atom. The fourth-order valence-electron chi connectivity index (χ4n) is 1.10. The Kier molecular flexibility index (Phi) is 10.1. The van der Waals surface area contributed by atoms with Crippen LogP contribution in [0.2, 0.25) is 0 Å². The molecule has 0 aliphatic rings. The minimum Gasteiger partial charge on any atom is -0.178 e. The summed E-state index contributed by atoms with van der Waals surface area (Å²) >= 11 is 26.5. The predicted octanol–water partition coefficient (Wildman–Crippen LogP) is 3.10. The van der Waals surface area contributed by atoms with Gasteiger partial charge in [0, 0.05) is 32.1 Å². The zero-order valence-electron chi connectivity index (χ0n) is 7.70. The third kappa shape index (κ3) is 7.17. The molecule has 0 bridgehead atoms.